The molecule has 0 spiro atoms. The molecule has 2 heteroatoms. The van der Waals surface area contributed by atoms with Crippen molar-refractivity contribution >= 4 is 0 Å². The zero-order chi connectivity index (χ0) is 15.2. The highest BCUT2D eigenvalue weighted by atomic mass is 16.3. The van der Waals surface area contributed by atoms with E-state index in [1.165, 1.54) is 5.56 Å². The fraction of sp³-hybridized carbons (Fsp3) is 0.368. The van der Waals surface area contributed by atoms with Gasteiger partial charge in [-0.25, -0.2) is 0 Å². The maximum atomic E-state index is 10.8. The molecule has 21 heavy (non-hydrogen) atoms. The molecule has 0 saturated carbocycles. The summed E-state index contributed by atoms with van der Waals surface area (Å²) in [5.74, 6) is 0.369. The van der Waals surface area contributed by atoms with Crippen molar-refractivity contribution in [1.82, 2.24) is 4.90 Å². The van der Waals surface area contributed by atoms with Crippen LogP contribution in [-0.4, -0.2) is 23.1 Å². The van der Waals surface area contributed by atoms with Crippen molar-refractivity contribution < 1.29 is 5.11 Å². The number of likely N-dealkylation sites (N-methyl/N-ethyl adjacent to an activating group) is 1. The van der Waals surface area contributed by atoms with Gasteiger partial charge in [0.05, 0.1) is 6.10 Å². The van der Waals surface area contributed by atoms with E-state index in [1.807, 2.05) is 36.4 Å². The number of nitrogens with zero attached hydrogens (tertiary/aromatic N) is 1. The summed E-state index contributed by atoms with van der Waals surface area (Å²) in [5, 5.41) is 10.8. The van der Waals surface area contributed by atoms with Crippen molar-refractivity contribution in [2.45, 2.75) is 32.5 Å². The lowest BCUT2D eigenvalue weighted by atomic mass is 9.92. The Morgan fingerprint density at radius 1 is 0.905 bits per heavy atom. The van der Waals surface area contributed by atoms with Crippen molar-refractivity contribution in [3.8, 4) is 0 Å². The minimum absolute atomic E-state index is 0.0904. The Morgan fingerprint density at radius 3 is 1.95 bits per heavy atom. The molecule has 0 aromatic heterocycles. The molecule has 0 radical (unpaired) electrons. The summed E-state index contributed by atoms with van der Waals surface area (Å²) in [5.41, 5.74) is 2.25. The summed E-state index contributed by atoms with van der Waals surface area (Å²) in [6.45, 7) is 5.17. The molecule has 2 rings (SSSR count). The molecule has 1 N–H and O–H groups in total. The van der Waals surface area contributed by atoms with E-state index in [4.69, 9.17) is 0 Å². The molecule has 2 unspecified atom stereocenters. The molecule has 2 aromatic rings. The molecular formula is C19H25NO. The van der Waals surface area contributed by atoms with Gasteiger partial charge in [-0.2, -0.15) is 0 Å². The van der Waals surface area contributed by atoms with E-state index in [-0.39, 0.29) is 6.04 Å². The van der Waals surface area contributed by atoms with Crippen LogP contribution in [0.5, 0.6) is 0 Å². The molecule has 0 heterocycles. The molecule has 0 aliphatic heterocycles. The number of aliphatic hydroxyl groups excluding tert-OH is 1. The van der Waals surface area contributed by atoms with Crippen molar-refractivity contribution in [1.29, 1.82) is 0 Å². The first-order chi connectivity index (χ1) is 10.1. The number of hydrogen-bond donors (Lipinski definition) is 1. The predicted octanol–water partition coefficient (Wildman–Crippen LogP) is 3.88. The van der Waals surface area contributed by atoms with E-state index in [2.05, 4.69) is 50.1 Å². The molecule has 0 aliphatic rings. The minimum atomic E-state index is -0.472. The third kappa shape index (κ3) is 4.16. The first-order valence-electron chi connectivity index (χ1n) is 7.56. The molecular weight excluding hydrogens is 258 g/mol. The van der Waals surface area contributed by atoms with Gasteiger partial charge >= 0.3 is 0 Å². The van der Waals surface area contributed by atoms with E-state index in [0.29, 0.717) is 5.92 Å². The van der Waals surface area contributed by atoms with Crippen LogP contribution in [0.1, 0.15) is 31.1 Å². The molecule has 0 fully saturated rings. The van der Waals surface area contributed by atoms with Gasteiger partial charge in [0.1, 0.15) is 0 Å². The molecule has 2 aromatic carbocycles. The van der Waals surface area contributed by atoms with Gasteiger partial charge in [-0.15, -0.1) is 0 Å². The van der Waals surface area contributed by atoms with Crippen LogP contribution < -0.4 is 0 Å². The average Bonchev–Trinajstić information content (AvgIpc) is 2.49. The lowest BCUT2D eigenvalue weighted by molar-refractivity contribution is 0.0325. The second-order valence-electron chi connectivity index (χ2n) is 5.99. The molecule has 0 saturated heterocycles. The van der Waals surface area contributed by atoms with E-state index in [9.17, 15) is 5.11 Å². The maximum absolute atomic E-state index is 10.8. The van der Waals surface area contributed by atoms with Gasteiger partial charge in [0.25, 0.3) is 0 Å². The van der Waals surface area contributed by atoms with Gasteiger partial charge in [-0.1, -0.05) is 74.5 Å². The molecule has 0 bridgehead atoms. The van der Waals surface area contributed by atoms with Crippen molar-refractivity contribution in [3.05, 3.63) is 71.8 Å². The van der Waals surface area contributed by atoms with Gasteiger partial charge in [-0.3, -0.25) is 4.90 Å². The van der Waals surface area contributed by atoms with Crippen LogP contribution in [0.25, 0.3) is 0 Å². The number of benzene rings is 2. The Labute approximate surface area is 128 Å². The van der Waals surface area contributed by atoms with Crippen molar-refractivity contribution in [2.24, 2.45) is 5.92 Å². The Bertz CT molecular complexity index is 524. The summed E-state index contributed by atoms with van der Waals surface area (Å²) in [6, 6.07) is 20.4. The van der Waals surface area contributed by atoms with Crippen LogP contribution >= 0.6 is 0 Å². The first-order valence-corrected chi connectivity index (χ1v) is 7.56. The van der Waals surface area contributed by atoms with Crippen LogP contribution in [0.15, 0.2) is 60.7 Å². The second kappa shape index (κ2) is 7.39. The smallest absolute Gasteiger partial charge is 0.0947 e. The Kier molecular flexibility index (Phi) is 5.54. The fourth-order valence-corrected chi connectivity index (χ4v) is 2.94. The first kappa shape index (κ1) is 15.7. The molecule has 2 atom stereocenters. The zero-order valence-electron chi connectivity index (χ0n) is 13.1. The Morgan fingerprint density at radius 2 is 1.43 bits per heavy atom. The standard InChI is InChI=1S/C19H25NO/c1-15(2)18(19(21)17-12-8-5-9-13-17)20(3)14-16-10-6-4-7-11-16/h4-13,15,18-19,21H,14H2,1-3H3. The highest BCUT2D eigenvalue weighted by Crippen LogP contribution is 2.26. The number of rotatable bonds is 6. The van der Waals surface area contributed by atoms with Crippen LogP contribution in [0.4, 0.5) is 0 Å². The monoisotopic (exact) mass is 283 g/mol. The third-order valence-electron chi connectivity index (χ3n) is 3.93. The molecule has 0 amide bonds. The SMILES string of the molecule is CC(C)C(C(O)c1ccccc1)N(C)Cc1ccccc1. The van der Waals surface area contributed by atoms with Gasteiger partial charge in [0.2, 0.25) is 0 Å². The lowest BCUT2D eigenvalue weighted by Gasteiger charge is -2.35. The molecule has 0 aliphatic carbocycles. The Balaban J connectivity index is 2.15. The summed E-state index contributed by atoms with van der Waals surface area (Å²) < 4.78 is 0. The normalized spacial score (nSPS) is 14.4. The quantitative estimate of drug-likeness (QED) is 0.869. The topological polar surface area (TPSA) is 23.5 Å². The van der Waals surface area contributed by atoms with Crippen molar-refractivity contribution in [3.63, 3.8) is 0 Å². The van der Waals surface area contributed by atoms with Gasteiger partial charge in [0, 0.05) is 12.6 Å². The molecule has 112 valence electrons. The summed E-state index contributed by atoms with van der Waals surface area (Å²) in [7, 11) is 2.09. The van der Waals surface area contributed by atoms with E-state index in [0.717, 1.165) is 12.1 Å². The zero-order valence-corrected chi connectivity index (χ0v) is 13.1. The number of aliphatic hydroxyl groups is 1. The number of hydrogen-bond acceptors (Lipinski definition) is 2. The summed E-state index contributed by atoms with van der Waals surface area (Å²) >= 11 is 0. The van der Waals surface area contributed by atoms with E-state index >= 15 is 0 Å². The maximum Gasteiger partial charge on any atom is 0.0947 e. The predicted molar refractivity (Wildman–Crippen MR) is 87.9 cm³/mol. The van der Waals surface area contributed by atoms with Gasteiger partial charge < -0.3 is 5.11 Å². The van der Waals surface area contributed by atoms with Crippen molar-refractivity contribution in [2.75, 3.05) is 7.05 Å². The van der Waals surface area contributed by atoms with Crippen LogP contribution in [0.2, 0.25) is 0 Å². The highest BCUT2D eigenvalue weighted by Gasteiger charge is 2.27. The van der Waals surface area contributed by atoms with Crippen LogP contribution in [0.3, 0.4) is 0 Å². The second-order valence-corrected chi connectivity index (χ2v) is 5.99. The lowest BCUT2D eigenvalue weighted by Crippen LogP contribution is -2.40. The molecule has 2 nitrogen and oxygen atoms in total. The minimum Gasteiger partial charge on any atom is -0.387 e. The fourth-order valence-electron chi connectivity index (χ4n) is 2.94. The Hall–Kier alpha value is -1.64. The largest absolute Gasteiger partial charge is 0.387 e. The van der Waals surface area contributed by atoms with Crippen LogP contribution in [-0.2, 0) is 6.54 Å². The van der Waals surface area contributed by atoms with E-state index in [1.54, 1.807) is 0 Å². The van der Waals surface area contributed by atoms with Gasteiger partial charge in [0.15, 0.2) is 0 Å². The van der Waals surface area contributed by atoms with E-state index < -0.39 is 6.10 Å². The summed E-state index contributed by atoms with van der Waals surface area (Å²) in [4.78, 5) is 2.25. The van der Waals surface area contributed by atoms with Crippen LogP contribution in [0, 0.1) is 5.92 Å². The summed E-state index contributed by atoms with van der Waals surface area (Å²) in [6.07, 6.45) is -0.472. The van der Waals surface area contributed by atoms with Gasteiger partial charge in [-0.05, 0) is 24.1 Å². The average molecular weight is 283 g/mol. The highest BCUT2D eigenvalue weighted by molar-refractivity contribution is 5.20. The third-order valence-corrected chi connectivity index (χ3v) is 3.93.